The minimum Gasteiger partial charge on any atom is -0.481 e. The van der Waals surface area contributed by atoms with Crippen molar-refractivity contribution in [2.45, 2.75) is 56.1 Å². The zero-order valence-corrected chi connectivity index (χ0v) is 10.7. The fraction of sp³-hybridized carbons (Fsp3) is 0.923. The van der Waals surface area contributed by atoms with Gasteiger partial charge in [-0.05, 0) is 44.9 Å². The molecule has 5 heteroatoms. The lowest BCUT2D eigenvalue weighted by molar-refractivity contribution is -0.144. The predicted molar refractivity (Wildman–Crippen MR) is 66.2 cm³/mol. The molecule has 4 N–H and O–H groups in total. The van der Waals surface area contributed by atoms with Crippen LogP contribution in [-0.2, 0) is 4.79 Å². The number of hydrogen-bond donors (Lipinski definition) is 4. The standard InChI is InChI=1S/C13H23NO4/c15-11(16)10-2-6-13(18,7-3-10)9-14-8-12(17)4-1-5-12/h10,14,17-18H,1-9H2,(H,15,16). The Morgan fingerprint density at radius 2 is 1.56 bits per heavy atom. The highest BCUT2D eigenvalue weighted by molar-refractivity contribution is 5.70. The second-order valence-corrected chi connectivity index (χ2v) is 6.02. The van der Waals surface area contributed by atoms with E-state index in [-0.39, 0.29) is 5.92 Å². The van der Waals surface area contributed by atoms with Gasteiger partial charge in [0.05, 0.1) is 17.1 Å². The molecule has 0 aliphatic heterocycles. The number of carboxylic acid groups (broad SMARTS) is 1. The van der Waals surface area contributed by atoms with Crippen LogP contribution in [0.25, 0.3) is 0 Å². The quantitative estimate of drug-likeness (QED) is 0.576. The zero-order chi connectivity index (χ0) is 13.2. The number of rotatable bonds is 5. The van der Waals surface area contributed by atoms with Crippen molar-refractivity contribution in [2.75, 3.05) is 13.1 Å². The smallest absolute Gasteiger partial charge is 0.306 e. The van der Waals surface area contributed by atoms with Crippen LogP contribution in [0.3, 0.4) is 0 Å². The van der Waals surface area contributed by atoms with Crippen LogP contribution in [0.1, 0.15) is 44.9 Å². The Morgan fingerprint density at radius 3 is 1.94 bits per heavy atom. The normalized spacial score (nSPS) is 34.9. The van der Waals surface area contributed by atoms with Crippen molar-refractivity contribution >= 4 is 5.97 Å². The third kappa shape index (κ3) is 3.22. The van der Waals surface area contributed by atoms with E-state index in [9.17, 15) is 15.0 Å². The van der Waals surface area contributed by atoms with Crippen molar-refractivity contribution in [1.29, 1.82) is 0 Å². The average Bonchev–Trinajstić information content (AvgIpc) is 2.27. The van der Waals surface area contributed by atoms with Crippen LogP contribution in [-0.4, -0.2) is 45.6 Å². The van der Waals surface area contributed by atoms with E-state index in [1.165, 1.54) is 0 Å². The van der Waals surface area contributed by atoms with E-state index < -0.39 is 17.2 Å². The first kappa shape index (κ1) is 13.8. The highest BCUT2D eigenvalue weighted by Gasteiger charge is 2.37. The fourth-order valence-electron chi connectivity index (χ4n) is 2.87. The van der Waals surface area contributed by atoms with Crippen molar-refractivity contribution in [3.63, 3.8) is 0 Å². The van der Waals surface area contributed by atoms with Gasteiger partial charge in [0.15, 0.2) is 0 Å². The van der Waals surface area contributed by atoms with E-state index in [0.29, 0.717) is 38.8 Å². The van der Waals surface area contributed by atoms with Crippen LogP contribution in [0, 0.1) is 5.92 Å². The van der Waals surface area contributed by atoms with Gasteiger partial charge >= 0.3 is 5.97 Å². The molecule has 0 amide bonds. The minimum atomic E-state index is -0.800. The van der Waals surface area contributed by atoms with Crippen LogP contribution >= 0.6 is 0 Å². The van der Waals surface area contributed by atoms with Gasteiger partial charge < -0.3 is 20.6 Å². The second kappa shape index (κ2) is 5.15. The summed E-state index contributed by atoms with van der Waals surface area (Å²) in [5, 5.41) is 32.3. The molecular formula is C13H23NO4. The molecule has 0 bridgehead atoms. The van der Waals surface area contributed by atoms with E-state index in [0.717, 1.165) is 19.3 Å². The maximum Gasteiger partial charge on any atom is 0.306 e. The van der Waals surface area contributed by atoms with Gasteiger partial charge in [-0.2, -0.15) is 0 Å². The Kier molecular flexibility index (Phi) is 3.94. The van der Waals surface area contributed by atoms with Crippen molar-refractivity contribution in [3.05, 3.63) is 0 Å². The first-order chi connectivity index (χ1) is 8.43. The number of nitrogens with one attached hydrogen (secondary N) is 1. The maximum atomic E-state index is 10.8. The summed E-state index contributed by atoms with van der Waals surface area (Å²) in [4.78, 5) is 10.8. The number of carboxylic acids is 1. The van der Waals surface area contributed by atoms with Crippen LogP contribution in [0.4, 0.5) is 0 Å². The van der Waals surface area contributed by atoms with E-state index in [2.05, 4.69) is 5.32 Å². The molecule has 2 rings (SSSR count). The van der Waals surface area contributed by atoms with Crippen molar-refractivity contribution < 1.29 is 20.1 Å². The van der Waals surface area contributed by atoms with Gasteiger partial charge in [0.1, 0.15) is 0 Å². The predicted octanol–water partition coefficient (Wildman–Crippen LogP) is 0.497. The van der Waals surface area contributed by atoms with Gasteiger partial charge in [0, 0.05) is 13.1 Å². The Morgan fingerprint density at radius 1 is 1.06 bits per heavy atom. The Bertz CT molecular complexity index is 306. The van der Waals surface area contributed by atoms with Gasteiger partial charge in [-0.1, -0.05) is 0 Å². The van der Waals surface area contributed by atoms with Crippen molar-refractivity contribution in [3.8, 4) is 0 Å². The van der Waals surface area contributed by atoms with Crippen LogP contribution in [0.5, 0.6) is 0 Å². The molecule has 2 aliphatic rings. The Balaban J connectivity index is 1.70. The van der Waals surface area contributed by atoms with Gasteiger partial charge in [-0.25, -0.2) is 0 Å². The molecule has 18 heavy (non-hydrogen) atoms. The molecule has 2 aliphatic carbocycles. The van der Waals surface area contributed by atoms with Gasteiger partial charge in [-0.15, -0.1) is 0 Å². The molecule has 104 valence electrons. The first-order valence-electron chi connectivity index (χ1n) is 6.81. The third-order valence-corrected chi connectivity index (χ3v) is 4.46. The van der Waals surface area contributed by atoms with Crippen LogP contribution in [0.2, 0.25) is 0 Å². The number of aliphatic hydroxyl groups is 2. The molecule has 0 aromatic heterocycles. The van der Waals surface area contributed by atoms with E-state index in [4.69, 9.17) is 5.11 Å². The van der Waals surface area contributed by atoms with E-state index in [1.54, 1.807) is 0 Å². The summed E-state index contributed by atoms with van der Waals surface area (Å²) in [5.74, 6) is -1.06. The number of carbonyl (C=O) groups is 1. The summed E-state index contributed by atoms with van der Waals surface area (Å²) in [6, 6.07) is 0. The summed E-state index contributed by atoms with van der Waals surface area (Å²) in [5.41, 5.74) is -1.37. The lowest BCUT2D eigenvalue weighted by atomic mass is 9.78. The summed E-state index contributed by atoms with van der Waals surface area (Å²) in [6.07, 6.45) is 4.86. The molecule has 0 aromatic carbocycles. The third-order valence-electron chi connectivity index (χ3n) is 4.46. The van der Waals surface area contributed by atoms with E-state index >= 15 is 0 Å². The molecule has 0 radical (unpaired) electrons. The molecule has 0 atom stereocenters. The molecule has 2 saturated carbocycles. The lowest BCUT2D eigenvalue weighted by Crippen LogP contribution is -2.51. The van der Waals surface area contributed by atoms with Crippen LogP contribution < -0.4 is 5.32 Å². The summed E-state index contributed by atoms with van der Waals surface area (Å²) < 4.78 is 0. The van der Waals surface area contributed by atoms with Gasteiger partial charge in [0.25, 0.3) is 0 Å². The summed E-state index contributed by atoms with van der Waals surface area (Å²) in [7, 11) is 0. The Hall–Kier alpha value is -0.650. The molecule has 0 unspecified atom stereocenters. The highest BCUT2D eigenvalue weighted by atomic mass is 16.4. The number of hydrogen-bond acceptors (Lipinski definition) is 4. The lowest BCUT2D eigenvalue weighted by Gasteiger charge is -2.39. The second-order valence-electron chi connectivity index (χ2n) is 6.02. The van der Waals surface area contributed by atoms with Gasteiger partial charge in [-0.3, -0.25) is 4.79 Å². The molecule has 0 heterocycles. The number of aliphatic carboxylic acids is 1. The minimum absolute atomic E-state index is 0.305. The Labute approximate surface area is 107 Å². The van der Waals surface area contributed by atoms with Gasteiger partial charge in [0.2, 0.25) is 0 Å². The molecule has 0 saturated heterocycles. The molecule has 2 fully saturated rings. The molecular weight excluding hydrogens is 234 g/mol. The fourth-order valence-corrected chi connectivity index (χ4v) is 2.87. The van der Waals surface area contributed by atoms with Crippen molar-refractivity contribution in [1.82, 2.24) is 5.32 Å². The van der Waals surface area contributed by atoms with E-state index in [1.807, 2.05) is 0 Å². The molecule has 0 aromatic rings. The van der Waals surface area contributed by atoms with Crippen molar-refractivity contribution in [2.24, 2.45) is 5.92 Å². The topological polar surface area (TPSA) is 89.8 Å². The monoisotopic (exact) mass is 257 g/mol. The zero-order valence-electron chi connectivity index (χ0n) is 10.7. The largest absolute Gasteiger partial charge is 0.481 e. The summed E-state index contributed by atoms with van der Waals surface area (Å²) >= 11 is 0. The first-order valence-corrected chi connectivity index (χ1v) is 6.81. The average molecular weight is 257 g/mol. The summed E-state index contributed by atoms with van der Waals surface area (Å²) in [6.45, 7) is 0.972. The van der Waals surface area contributed by atoms with Crippen LogP contribution in [0.15, 0.2) is 0 Å². The maximum absolute atomic E-state index is 10.8. The molecule has 5 nitrogen and oxygen atoms in total. The highest BCUT2D eigenvalue weighted by Crippen LogP contribution is 2.33. The SMILES string of the molecule is O=C(O)C1CCC(O)(CNCC2(O)CCC2)CC1. The molecule has 0 spiro atoms.